The molecule has 3 heterocycles. The number of anilines is 1. The highest BCUT2D eigenvalue weighted by Gasteiger charge is 2.51. The fourth-order valence-corrected chi connectivity index (χ4v) is 3.04. The van der Waals surface area contributed by atoms with E-state index in [0.717, 1.165) is 11.3 Å². The molecule has 2 N–H and O–H groups in total. The number of rotatable bonds is 6. The Morgan fingerprint density at radius 3 is 2.68 bits per heavy atom. The van der Waals surface area contributed by atoms with Gasteiger partial charge in [-0.3, -0.25) is 25.1 Å². The molecule has 0 bridgehead atoms. The van der Waals surface area contributed by atoms with E-state index in [1.165, 1.54) is 7.11 Å². The summed E-state index contributed by atoms with van der Waals surface area (Å²) in [4.78, 5) is 32.8. The lowest BCUT2D eigenvalue weighted by Gasteiger charge is -2.13. The maximum atomic E-state index is 12.1. The second-order valence-electron chi connectivity index (χ2n) is 7.27. The minimum absolute atomic E-state index is 0.295. The molecular formula is C21H22N6O4. The normalized spacial score (nSPS) is 14.0. The molecule has 10 heteroatoms. The molecule has 0 spiro atoms. The third kappa shape index (κ3) is 4.53. The van der Waals surface area contributed by atoms with Gasteiger partial charge in [-0.1, -0.05) is 0 Å². The zero-order valence-corrected chi connectivity index (χ0v) is 17.4. The average molecular weight is 422 g/mol. The zero-order chi connectivity index (χ0) is 22.0. The molecule has 0 saturated heterocycles. The van der Waals surface area contributed by atoms with Crippen LogP contribution in [-0.2, 0) is 16.6 Å². The number of methoxy groups -OCH3 is 1. The van der Waals surface area contributed by atoms with E-state index in [0.29, 0.717) is 35.9 Å². The molecule has 3 aromatic heterocycles. The van der Waals surface area contributed by atoms with E-state index < -0.39 is 17.5 Å². The van der Waals surface area contributed by atoms with Gasteiger partial charge in [0.1, 0.15) is 22.9 Å². The van der Waals surface area contributed by atoms with Crippen LogP contribution >= 0.6 is 0 Å². The Labute approximate surface area is 178 Å². The van der Waals surface area contributed by atoms with Crippen molar-refractivity contribution in [3.63, 3.8) is 0 Å². The van der Waals surface area contributed by atoms with Gasteiger partial charge in [0.2, 0.25) is 0 Å². The summed E-state index contributed by atoms with van der Waals surface area (Å²) in [5.74, 6) is 0.966. The van der Waals surface area contributed by atoms with Crippen LogP contribution in [0.4, 0.5) is 10.6 Å². The van der Waals surface area contributed by atoms with Crippen LogP contribution in [0.5, 0.6) is 11.5 Å². The van der Waals surface area contributed by atoms with Crippen molar-refractivity contribution in [2.45, 2.75) is 25.4 Å². The minimum Gasteiger partial charge on any atom is -0.455 e. The number of aryl methyl sites for hydroxylation is 2. The van der Waals surface area contributed by atoms with Crippen molar-refractivity contribution in [2.75, 3.05) is 12.4 Å². The number of amides is 3. The number of nitrogens with one attached hydrogen (secondary N) is 2. The molecule has 31 heavy (non-hydrogen) atoms. The first-order valence-corrected chi connectivity index (χ1v) is 9.67. The summed E-state index contributed by atoms with van der Waals surface area (Å²) < 4.78 is 12.8. The van der Waals surface area contributed by atoms with Crippen molar-refractivity contribution >= 4 is 17.8 Å². The Hall–Kier alpha value is -3.79. The van der Waals surface area contributed by atoms with Gasteiger partial charge in [-0.05, 0) is 38.0 Å². The molecule has 160 valence electrons. The van der Waals surface area contributed by atoms with Crippen LogP contribution < -0.4 is 15.4 Å². The molecule has 0 unspecified atom stereocenters. The topological polar surface area (TPSA) is 120 Å². The summed E-state index contributed by atoms with van der Waals surface area (Å²) in [6.07, 6.45) is 6.46. The van der Waals surface area contributed by atoms with E-state index in [4.69, 9.17) is 9.47 Å². The van der Waals surface area contributed by atoms with Gasteiger partial charge in [0.15, 0.2) is 0 Å². The Bertz CT molecular complexity index is 1140. The molecular weight excluding hydrogens is 400 g/mol. The summed E-state index contributed by atoms with van der Waals surface area (Å²) in [7, 11) is 3.29. The summed E-state index contributed by atoms with van der Waals surface area (Å²) >= 11 is 0. The van der Waals surface area contributed by atoms with E-state index in [1.54, 1.807) is 42.2 Å². The Morgan fingerprint density at radius 1 is 1.23 bits per heavy atom. The monoisotopic (exact) mass is 422 g/mol. The first kappa shape index (κ1) is 20.5. The first-order chi connectivity index (χ1) is 14.9. The van der Waals surface area contributed by atoms with Gasteiger partial charge in [0.05, 0.1) is 17.6 Å². The lowest BCUT2D eigenvalue weighted by atomic mass is 10.2. The van der Waals surface area contributed by atoms with Gasteiger partial charge in [0, 0.05) is 38.2 Å². The molecule has 10 nitrogen and oxygen atoms in total. The highest BCUT2D eigenvalue weighted by atomic mass is 16.5. The Balaban J connectivity index is 1.41. The molecule has 0 atom stereocenters. The van der Waals surface area contributed by atoms with Crippen molar-refractivity contribution in [3.05, 3.63) is 48.5 Å². The number of hydrogen-bond acceptors (Lipinski definition) is 7. The number of urea groups is 1. The average Bonchev–Trinajstić information content (AvgIpc) is 3.44. The number of carbonyl (C=O) groups is 2. The molecule has 1 aliphatic rings. The lowest BCUT2D eigenvalue weighted by Crippen LogP contribution is -2.43. The van der Waals surface area contributed by atoms with Gasteiger partial charge < -0.3 is 9.47 Å². The van der Waals surface area contributed by atoms with Crippen molar-refractivity contribution in [3.8, 4) is 22.8 Å². The standard InChI is InChI=1S/C21H22N6O4/c1-13-17(31-15-6-9-22-16(10-15)14-11-23-27(2)12-14)4-5-18(24-13)25-20(29)26-19(28)21(30-3)7-8-21/h4-6,9-12H,7-8H2,1-3H3,(H2,24,25,26,28,29). The quantitative estimate of drug-likeness (QED) is 0.627. The SMILES string of the molecule is COC1(C(=O)NC(=O)Nc2ccc(Oc3ccnc(-c4cnn(C)c4)c3)c(C)n2)CC1. The number of pyridine rings is 2. The van der Waals surface area contributed by atoms with Crippen molar-refractivity contribution < 1.29 is 19.1 Å². The molecule has 1 fully saturated rings. The van der Waals surface area contributed by atoms with E-state index in [9.17, 15) is 9.59 Å². The molecule has 1 aliphatic carbocycles. The molecule has 0 radical (unpaired) electrons. The maximum absolute atomic E-state index is 12.1. The molecule has 0 aromatic carbocycles. The molecule has 3 amide bonds. The largest absolute Gasteiger partial charge is 0.455 e. The van der Waals surface area contributed by atoms with Crippen molar-refractivity contribution in [1.29, 1.82) is 0 Å². The first-order valence-electron chi connectivity index (χ1n) is 9.67. The highest BCUT2D eigenvalue weighted by Crippen LogP contribution is 2.38. The van der Waals surface area contributed by atoms with E-state index in [-0.39, 0.29) is 0 Å². The van der Waals surface area contributed by atoms with E-state index in [1.807, 2.05) is 19.3 Å². The fraction of sp³-hybridized carbons (Fsp3) is 0.286. The number of carbonyl (C=O) groups excluding carboxylic acids is 2. The van der Waals surface area contributed by atoms with Gasteiger partial charge in [-0.2, -0.15) is 5.10 Å². The van der Waals surface area contributed by atoms with Gasteiger partial charge in [-0.15, -0.1) is 0 Å². The van der Waals surface area contributed by atoms with Crippen LogP contribution in [-0.4, -0.2) is 44.4 Å². The van der Waals surface area contributed by atoms with Crippen LogP contribution in [0.3, 0.4) is 0 Å². The third-order valence-corrected chi connectivity index (χ3v) is 4.97. The number of nitrogens with zero attached hydrogens (tertiary/aromatic N) is 4. The van der Waals surface area contributed by atoms with Crippen LogP contribution in [0.1, 0.15) is 18.5 Å². The predicted molar refractivity (Wildman–Crippen MR) is 112 cm³/mol. The van der Waals surface area contributed by atoms with Crippen LogP contribution in [0.15, 0.2) is 42.9 Å². The molecule has 4 rings (SSSR count). The van der Waals surface area contributed by atoms with Gasteiger partial charge >= 0.3 is 6.03 Å². The highest BCUT2D eigenvalue weighted by molar-refractivity contribution is 6.04. The fourth-order valence-electron chi connectivity index (χ4n) is 3.04. The summed E-state index contributed by atoms with van der Waals surface area (Å²) in [5.41, 5.74) is 1.31. The predicted octanol–water partition coefficient (Wildman–Crippen LogP) is 2.80. The number of imide groups is 1. The smallest absolute Gasteiger partial charge is 0.327 e. The summed E-state index contributed by atoms with van der Waals surface area (Å²) in [5, 5.41) is 8.98. The minimum atomic E-state index is -0.877. The van der Waals surface area contributed by atoms with Gasteiger partial charge in [0.25, 0.3) is 5.91 Å². The van der Waals surface area contributed by atoms with Crippen LogP contribution in [0.25, 0.3) is 11.3 Å². The van der Waals surface area contributed by atoms with Gasteiger partial charge in [-0.25, -0.2) is 9.78 Å². The maximum Gasteiger partial charge on any atom is 0.327 e. The van der Waals surface area contributed by atoms with E-state index >= 15 is 0 Å². The lowest BCUT2D eigenvalue weighted by molar-refractivity contribution is -0.132. The zero-order valence-electron chi connectivity index (χ0n) is 17.4. The van der Waals surface area contributed by atoms with Crippen molar-refractivity contribution in [1.82, 2.24) is 25.1 Å². The molecule has 3 aromatic rings. The second-order valence-corrected chi connectivity index (χ2v) is 7.27. The van der Waals surface area contributed by atoms with Crippen LogP contribution in [0, 0.1) is 6.92 Å². The number of hydrogen-bond donors (Lipinski definition) is 2. The summed E-state index contributed by atoms with van der Waals surface area (Å²) in [6, 6.07) is 6.18. The van der Waals surface area contributed by atoms with Crippen LogP contribution in [0.2, 0.25) is 0 Å². The molecule has 0 aliphatic heterocycles. The third-order valence-electron chi connectivity index (χ3n) is 4.97. The number of aromatic nitrogens is 4. The van der Waals surface area contributed by atoms with E-state index in [2.05, 4.69) is 25.7 Å². The Kier molecular flexibility index (Phi) is 5.38. The Morgan fingerprint density at radius 2 is 2.03 bits per heavy atom. The molecule has 1 saturated carbocycles. The van der Waals surface area contributed by atoms with Crippen molar-refractivity contribution in [2.24, 2.45) is 7.05 Å². The number of ether oxygens (including phenoxy) is 2. The summed E-state index contributed by atoms with van der Waals surface area (Å²) in [6.45, 7) is 1.76. The second kappa shape index (κ2) is 8.15.